The number of carbonyl (C=O) groups excluding carboxylic acids is 1. The minimum Gasteiger partial charge on any atom is -0.469 e. The van der Waals surface area contributed by atoms with Crippen molar-refractivity contribution in [1.29, 1.82) is 0 Å². The van der Waals surface area contributed by atoms with Gasteiger partial charge in [-0.3, -0.25) is 9.36 Å². The number of furan rings is 1. The molecule has 2 aromatic carbocycles. The van der Waals surface area contributed by atoms with Crippen molar-refractivity contribution in [3.8, 4) is 17.1 Å². The average molecular weight is 459 g/mol. The molecule has 7 heteroatoms. The highest BCUT2D eigenvalue weighted by atomic mass is 32.2. The summed E-state index contributed by atoms with van der Waals surface area (Å²) >= 11 is 1.39. The Balaban J connectivity index is 1.35. The number of rotatable bonds is 8. The SMILES string of the molecule is Cc1ccc(C(NC(=O)CSc2nnc(-c3ccoc3C)n2-c2ccccc2)C2CC2)cc1. The number of hydrogen-bond donors (Lipinski definition) is 1. The van der Waals surface area contributed by atoms with Crippen LogP contribution in [0.25, 0.3) is 17.1 Å². The largest absolute Gasteiger partial charge is 0.469 e. The van der Waals surface area contributed by atoms with Crippen LogP contribution < -0.4 is 5.32 Å². The Morgan fingerprint density at radius 2 is 1.85 bits per heavy atom. The average Bonchev–Trinajstić information content (AvgIpc) is 3.45. The quantitative estimate of drug-likeness (QED) is 0.353. The lowest BCUT2D eigenvalue weighted by Crippen LogP contribution is -2.31. The van der Waals surface area contributed by atoms with E-state index in [1.54, 1.807) is 6.26 Å². The van der Waals surface area contributed by atoms with Crippen molar-refractivity contribution in [3.05, 3.63) is 83.8 Å². The highest BCUT2D eigenvalue weighted by Crippen LogP contribution is 2.41. The van der Waals surface area contributed by atoms with Gasteiger partial charge in [0.1, 0.15) is 5.76 Å². The van der Waals surface area contributed by atoms with Crippen molar-refractivity contribution < 1.29 is 9.21 Å². The molecule has 4 aromatic rings. The van der Waals surface area contributed by atoms with Crippen molar-refractivity contribution in [3.63, 3.8) is 0 Å². The van der Waals surface area contributed by atoms with Gasteiger partial charge in [-0.1, -0.05) is 59.8 Å². The molecule has 2 aromatic heterocycles. The Bertz CT molecular complexity index is 1240. The van der Waals surface area contributed by atoms with Crippen LogP contribution in [0, 0.1) is 19.8 Å². The van der Waals surface area contributed by atoms with E-state index in [2.05, 4.69) is 46.7 Å². The number of hydrogen-bond acceptors (Lipinski definition) is 5. The minimum atomic E-state index is 0.00104. The first kappa shape index (κ1) is 21.5. The molecule has 1 atom stereocenters. The maximum atomic E-state index is 12.9. The Labute approximate surface area is 197 Å². The Hall–Kier alpha value is -3.32. The maximum absolute atomic E-state index is 12.9. The van der Waals surface area contributed by atoms with Gasteiger partial charge in [0.05, 0.1) is 23.6 Å². The molecule has 2 heterocycles. The van der Waals surface area contributed by atoms with Crippen molar-refractivity contribution in [1.82, 2.24) is 20.1 Å². The van der Waals surface area contributed by atoms with E-state index in [-0.39, 0.29) is 17.7 Å². The lowest BCUT2D eigenvalue weighted by Gasteiger charge is -2.19. The molecule has 5 rings (SSSR count). The van der Waals surface area contributed by atoms with E-state index < -0.39 is 0 Å². The van der Waals surface area contributed by atoms with Crippen LogP contribution in [0.1, 0.15) is 35.8 Å². The second-order valence-electron chi connectivity index (χ2n) is 8.45. The Morgan fingerprint density at radius 3 is 2.52 bits per heavy atom. The molecule has 0 saturated heterocycles. The fourth-order valence-corrected chi connectivity index (χ4v) is 4.75. The van der Waals surface area contributed by atoms with Gasteiger partial charge in [0.25, 0.3) is 0 Å². The molecular weight excluding hydrogens is 432 g/mol. The minimum absolute atomic E-state index is 0.00104. The van der Waals surface area contributed by atoms with Gasteiger partial charge in [0.15, 0.2) is 11.0 Å². The lowest BCUT2D eigenvalue weighted by atomic mass is 10.0. The zero-order valence-electron chi connectivity index (χ0n) is 18.7. The van der Waals surface area contributed by atoms with Gasteiger partial charge >= 0.3 is 0 Å². The van der Waals surface area contributed by atoms with Crippen molar-refractivity contribution in [2.45, 2.75) is 37.9 Å². The molecule has 1 saturated carbocycles. The van der Waals surface area contributed by atoms with Crippen molar-refractivity contribution >= 4 is 17.7 Å². The summed E-state index contributed by atoms with van der Waals surface area (Å²) in [4.78, 5) is 12.9. The van der Waals surface area contributed by atoms with Crippen LogP contribution in [0.15, 0.2) is 76.5 Å². The summed E-state index contributed by atoms with van der Waals surface area (Å²) in [5.74, 6) is 2.27. The van der Waals surface area contributed by atoms with Crippen LogP contribution >= 0.6 is 11.8 Å². The van der Waals surface area contributed by atoms with Crippen molar-refractivity contribution in [2.75, 3.05) is 5.75 Å². The fraction of sp³-hybridized carbons (Fsp3) is 0.269. The van der Waals surface area contributed by atoms with E-state index in [0.717, 1.165) is 29.9 Å². The first-order valence-electron chi connectivity index (χ1n) is 11.1. The standard InChI is InChI=1S/C26H26N4O2S/c1-17-8-10-19(11-9-17)24(20-12-13-20)27-23(31)16-33-26-29-28-25(22-14-15-32-18(22)2)30(26)21-6-4-3-5-7-21/h3-11,14-15,20,24H,12-13,16H2,1-2H3,(H,27,31). The number of carbonyl (C=O) groups is 1. The molecule has 1 N–H and O–H groups in total. The van der Waals surface area contributed by atoms with Gasteiger partial charge in [0, 0.05) is 5.69 Å². The third-order valence-electron chi connectivity index (χ3n) is 5.93. The number of thioether (sulfide) groups is 1. The summed E-state index contributed by atoms with van der Waals surface area (Å²) in [5.41, 5.74) is 4.22. The van der Waals surface area contributed by atoms with Gasteiger partial charge in [-0.25, -0.2) is 0 Å². The molecule has 1 aliphatic rings. The zero-order chi connectivity index (χ0) is 22.8. The van der Waals surface area contributed by atoms with Crippen LogP contribution in [-0.4, -0.2) is 26.4 Å². The van der Waals surface area contributed by atoms with Crippen molar-refractivity contribution in [2.24, 2.45) is 5.92 Å². The third kappa shape index (κ3) is 4.73. The topological polar surface area (TPSA) is 73.0 Å². The van der Waals surface area contributed by atoms with Gasteiger partial charge in [-0.2, -0.15) is 0 Å². The van der Waals surface area contributed by atoms with Crippen LogP contribution in [0.2, 0.25) is 0 Å². The molecule has 1 aliphatic carbocycles. The number of amides is 1. The number of nitrogens with one attached hydrogen (secondary N) is 1. The van der Waals surface area contributed by atoms with Crippen LogP contribution in [-0.2, 0) is 4.79 Å². The van der Waals surface area contributed by atoms with Gasteiger partial charge in [-0.15, -0.1) is 10.2 Å². The van der Waals surface area contributed by atoms with E-state index in [1.165, 1.54) is 22.9 Å². The van der Waals surface area contributed by atoms with E-state index in [0.29, 0.717) is 16.9 Å². The summed E-state index contributed by atoms with van der Waals surface area (Å²) in [6.45, 7) is 3.98. The summed E-state index contributed by atoms with van der Waals surface area (Å²) in [6.07, 6.45) is 3.96. The summed E-state index contributed by atoms with van der Waals surface area (Å²) < 4.78 is 7.47. The molecular formula is C26H26N4O2S. The highest BCUT2D eigenvalue weighted by molar-refractivity contribution is 7.99. The monoisotopic (exact) mass is 458 g/mol. The molecule has 1 unspecified atom stereocenters. The fourth-order valence-electron chi connectivity index (χ4n) is 3.99. The molecule has 0 radical (unpaired) electrons. The lowest BCUT2D eigenvalue weighted by molar-refractivity contribution is -0.119. The van der Waals surface area contributed by atoms with Gasteiger partial charge < -0.3 is 9.73 Å². The second-order valence-corrected chi connectivity index (χ2v) is 9.39. The molecule has 1 amide bonds. The third-order valence-corrected chi connectivity index (χ3v) is 6.86. The Morgan fingerprint density at radius 1 is 1.09 bits per heavy atom. The number of aryl methyl sites for hydroxylation is 2. The van der Waals surface area contributed by atoms with Crippen LogP contribution in [0.4, 0.5) is 0 Å². The highest BCUT2D eigenvalue weighted by Gasteiger charge is 2.33. The Kier molecular flexibility index (Phi) is 6.05. The molecule has 1 fully saturated rings. The van der Waals surface area contributed by atoms with E-state index in [9.17, 15) is 4.79 Å². The summed E-state index contributed by atoms with van der Waals surface area (Å²) in [7, 11) is 0. The van der Waals surface area contributed by atoms with E-state index in [1.807, 2.05) is 47.9 Å². The predicted octanol–water partition coefficient (Wildman–Crippen LogP) is 5.50. The van der Waals surface area contributed by atoms with E-state index >= 15 is 0 Å². The summed E-state index contributed by atoms with van der Waals surface area (Å²) in [5, 5.41) is 12.8. The molecule has 0 bridgehead atoms. The normalized spacial score (nSPS) is 14.2. The van der Waals surface area contributed by atoms with E-state index in [4.69, 9.17) is 4.42 Å². The number of benzene rings is 2. The van der Waals surface area contributed by atoms with Gasteiger partial charge in [-0.05, 0) is 56.4 Å². The second kappa shape index (κ2) is 9.27. The number of aromatic nitrogens is 3. The van der Waals surface area contributed by atoms with Gasteiger partial charge in [0.2, 0.25) is 5.91 Å². The first-order chi connectivity index (χ1) is 16.1. The van der Waals surface area contributed by atoms with Crippen LogP contribution in [0.5, 0.6) is 0 Å². The number of para-hydroxylation sites is 1. The molecule has 33 heavy (non-hydrogen) atoms. The predicted molar refractivity (Wildman–Crippen MR) is 129 cm³/mol. The van der Waals surface area contributed by atoms with Crippen LogP contribution in [0.3, 0.4) is 0 Å². The molecule has 0 spiro atoms. The summed E-state index contributed by atoms with van der Waals surface area (Å²) in [6, 6.07) is 20.3. The first-order valence-corrected chi connectivity index (χ1v) is 12.1. The molecule has 0 aliphatic heterocycles. The zero-order valence-corrected chi connectivity index (χ0v) is 19.5. The number of nitrogens with zero attached hydrogens (tertiary/aromatic N) is 3. The smallest absolute Gasteiger partial charge is 0.230 e. The maximum Gasteiger partial charge on any atom is 0.230 e. The molecule has 168 valence electrons. The molecule has 6 nitrogen and oxygen atoms in total.